The highest BCUT2D eigenvalue weighted by Crippen LogP contribution is 2.45. The van der Waals surface area contributed by atoms with E-state index in [0.29, 0.717) is 5.75 Å². The Labute approximate surface area is 88.7 Å². The number of rotatable bonds is 0. The summed E-state index contributed by atoms with van der Waals surface area (Å²) < 4.78 is 0. The van der Waals surface area contributed by atoms with E-state index in [2.05, 4.69) is 32.0 Å². The van der Waals surface area contributed by atoms with E-state index >= 15 is 0 Å². The Hall–Kier alpha value is -1.76. The monoisotopic (exact) mass is 196 g/mol. The van der Waals surface area contributed by atoms with E-state index in [1.807, 2.05) is 6.07 Å². The zero-order valence-electron chi connectivity index (χ0n) is 8.83. The normalized spacial score (nSPS) is 14.0. The maximum Gasteiger partial charge on any atom is 0.123 e. The highest BCUT2D eigenvalue weighted by atomic mass is 16.3. The molecule has 2 aromatic carbocycles. The zero-order valence-corrected chi connectivity index (χ0v) is 8.83. The highest BCUT2D eigenvalue weighted by molar-refractivity contribution is 6.14. The molecule has 0 bridgehead atoms. The van der Waals surface area contributed by atoms with Gasteiger partial charge in [0.15, 0.2) is 0 Å². The average molecular weight is 196 g/mol. The minimum absolute atomic E-state index is 0.393. The smallest absolute Gasteiger partial charge is 0.123 e. The molecule has 0 saturated heterocycles. The SMILES string of the molecule is CC1=C(C)c2c(O)ccc3cccc1c23. The first-order valence-electron chi connectivity index (χ1n) is 5.13. The maximum absolute atomic E-state index is 9.90. The number of phenolic OH excluding ortho intramolecular Hbond substituents is 1. The van der Waals surface area contributed by atoms with Crippen molar-refractivity contribution < 1.29 is 5.11 Å². The summed E-state index contributed by atoms with van der Waals surface area (Å²) >= 11 is 0. The molecule has 0 aromatic heterocycles. The van der Waals surface area contributed by atoms with E-state index in [4.69, 9.17) is 0 Å². The molecule has 0 aliphatic heterocycles. The van der Waals surface area contributed by atoms with Gasteiger partial charge < -0.3 is 5.11 Å². The lowest BCUT2D eigenvalue weighted by molar-refractivity contribution is 0.474. The van der Waals surface area contributed by atoms with Crippen LogP contribution in [0.5, 0.6) is 5.75 Å². The second-order valence-electron chi connectivity index (χ2n) is 4.11. The highest BCUT2D eigenvalue weighted by Gasteiger charge is 2.20. The fourth-order valence-electron chi connectivity index (χ4n) is 2.45. The molecule has 1 nitrogen and oxygen atoms in total. The van der Waals surface area contributed by atoms with Gasteiger partial charge in [-0.1, -0.05) is 24.3 Å². The molecule has 0 unspecified atom stereocenters. The summed E-state index contributed by atoms with van der Waals surface area (Å²) in [4.78, 5) is 0. The van der Waals surface area contributed by atoms with Gasteiger partial charge in [0.2, 0.25) is 0 Å². The molecule has 0 saturated carbocycles. The molecular formula is C14H12O. The fraction of sp³-hybridized carbons (Fsp3) is 0.143. The number of benzene rings is 2. The van der Waals surface area contributed by atoms with Crippen molar-refractivity contribution >= 4 is 21.9 Å². The summed E-state index contributed by atoms with van der Waals surface area (Å²) in [6.45, 7) is 4.19. The third-order valence-corrected chi connectivity index (χ3v) is 3.37. The van der Waals surface area contributed by atoms with Crippen LogP contribution >= 0.6 is 0 Å². The molecule has 1 heteroatoms. The summed E-state index contributed by atoms with van der Waals surface area (Å²) in [7, 11) is 0. The number of allylic oxidation sites excluding steroid dienone is 2. The van der Waals surface area contributed by atoms with E-state index in [9.17, 15) is 5.11 Å². The number of phenols is 1. The topological polar surface area (TPSA) is 20.2 Å². The van der Waals surface area contributed by atoms with Gasteiger partial charge in [0.25, 0.3) is 0 Å². The van der Waals surface area contributed by atoms with Crippen LogP contribution in [-0.2, 0) is 0 Å². The third kappa shape index (κ3) is 0.925. The van der Waals surface area contributed by atoms with Crippen LogP contribution in [0.25, 0.3) is 21.9 Å². The predicted octanol–water partition coefficient (Wildman–Crippen LogP) is 3.81. The molecule has 15 heavy (non-hydrogen) atoms. The standard InChI is InChI=1S/C14H12O/c1-8-9(2)13-12(15)7-6-10-4-3-5-11(8)14(10)13/h3-7,15H,1-2H3. The molecule has 0 spiro atoms. The Morgan fingerprint density at radius 3 is 2.53 bits per heavy atom. The molecule has 3 rings (SSSR count). The van der Waals surface area contributed by atoms with Crippen molar-refractivity contribution in [1.82, 2.24) is 0 Å². The Morgan fingerprint density at radius 2 is 1.73 bits per heavy atom. The van der Waals surface area contributed by atoms with E-state index in [1.165, 1.54) is 27.5 Å². The summed E-state index contributed by atoms with van der Waals surface area (Å²) in [5, 5.41) is 12.3. The van der Waals surface area contributed by atoms with Gasteiger partial charge in [0.05, 0.1) is 0 Å². The molecule has 74 valence electrons. The first-order valence-corrected chi connectivity index (χ1v) is 5.13. The van der Waals surface area contributed by atoms with Crippen molar-refractivity contribution in [1.29, 1.82) is 0 Å². The quantitative estimate of drug-likeness (QED) is 0.679. The summed E-state index contributed by atoms with van der Waals surface area (Å²) in [6.07, 6.45) is 0. The van der Waals surface area contributed by atoms with Gasteiger partial charge in [-0.2, -0.15) is 0 Å². The Balaban J connectivity index is 2.61. The molecule has 0 fully saturated rings. The molecule has 1 aliphatic rings. The Bertz CT molecular complexity index is 606. The van der Waals surface area contributed by atoms with Crippen molar-refractivity contribution in [2.24, 2.45) is 0 Å². The van der Waals surface area contributed by atoms with Gasteiger partial charge in [0.1, 0.15) is 5.75 Å². The molecule has 0 amide bonds. The zero-order chi connectivity index (χ0) is 10.6. The molecular weight excluding hydrogens is 184 g/mol. The lowest BCUT2D eigenvalue weighted by Gasteiger charge is -2.04. The van der Waals surface area contributed by atoms with Crippen molar-refractivity contribution in [2.45, 2.75) is 13.8 Å². The molecule has 2 aromatic rings. The minimum atomic E-state index is 0.393. The largest absolute Gasteiger partial charge is 0.507 e. The van der Waals surface area contributed by atoms with Crippen molar-refractivity contribution in [2.75, 3.05) is 0 Å². The predicted molar refractivity (Wildman–Crippen MR) is 63.8 cm³/mol. The van der Waals surface area contributed by atoms with Gasteiger partial charge in [0, 0.05) is 10.9 Å². The first-order chi connectivity index (χ1) is 7.20. The second kappa shape index (κ2) is 2.63. The Morgan fingerprint density at radius 1 is 0.933 bits per heavy atom. The lowest BCUT2D eigenvalue weighted by atomic mass is 10.0. The number of hydrogen-bond donors (Lipinski definition) is 1. The summed E-state index contributed by atoms with van der Waals surface area (Å²) in [5.41, 5.74) is 4.74. The van der Waals surface area contributed by atoms with Crippen molar-refractivity contribution in [3.63, 3.8) is 0 Å². The third-order valence-electron chi connectivity index (χ3n) is 3.37. The van der Waals surface area contributed by atoms with E-state index in [-0.39, 0.29) is 0 Å². The van der Waals surface area contributed by atoms with Crippen LogP contribution in [0, 0.1) is 0 Å². The number of hydrogen-bond acceptors (Lipinski definition) is 1. The van der Waals surface area contributed by atoms with Crippen LogP contribution in [0.4, 0.5) is 0 Å². The summed E-state index contributed by atoms with van der Waals surface area (Å²) in [6, 6.07) is 10.0. The maximum atomic E-state index is 9.90. The van der Waals surface area contributed by atoms with Crippen LogP contribution in [0.15, 0.2) is 30.3 Å². The number of aromatic hydroxyl groups is 1. The van der Waals surface area contributed by atoms with Crippen molar-refractivity contribution in [3.05, 3.63) is 41.5 Å². The lowest BCUT2D eigenvalue weighted by Crippen LogP contribution is -1.80. The van der Waals surface area contributed by atoms with Crippen LogP contribution < -0.4 is 0 Å². The van der Waals surface area contributed by atoms with Gasteiger partial charge >= 0.3 is 0 Å². The van der Waals surface area contributed by atoms with Gasteiger partial charge in [-0.05, 0) is 42.0 Å². The van der Waals surface area contributed by atoms with Crippen LogP contribution in [0.2, 0.25) is 0 Å². The average Bonchev–Trinajstić information content (AvgIpc) is 2.50. The molecule has 0 atom stereocenters. The van der Waals surface area contributed by atoms with Gasteiger partial charge in [-0.25, -0.2) is 0 Å². The van der Waals surface area contributed by atoms with E-state index < -0.39 is 0 Å². The summed E-state index contributed by atoms with van der Waals surface area (Å²) in [5.74, 6) is 0.393. The minimum Gasteiger partial charge on any atom is -0.507 e. The van der Waals surface area contributed by atoms with Gasteiger partial charge in [-0.3, -0.25) is 0 Å². The second-order valence-corrected chi connectivity index (χ2v) is 4.11. The Kier molecular flexibility index (Phi) is 1.50. The van der Waals surface area contributed by atoms with Crippen molar-refractivity contribution in [3.8, 4) is 5.75 Å². The van der Waals surface area contributed by atoms with Crippen LogP contribution in [0.3, 0.4) is 0 Å². The van der Waals surface area contributed by atoms with Gasteiger partial charge in [-0.15, -0.1) is 0 Å². The fourth-order valence-corrected chi connectivity index (χ4v) is 2.45. The van der Waals surface area contributed by atoms with E-state index in [0.717, 1.165) is 5.56 Å². The van der Waals surface area contributed by atoms with Crippen LogP contribution in [-0.4, -0.2) is 5.11 Å². The van der Waals surface area contributed by atoms with Crippen LogP contribution in [0.1, 0.15) is 25.0 Å². The first kappa shape index (κ1) is 8.54. The molecule has 0 heterocycles. The van der Waals surface area contributed by atoms with E-state index in [1.54, 1.807) is 6.07 Å². The molecule has 1 N–H and O–H groups in total. The molecule has 0 radical (unpaired) electrons. The molecule has 1 aliphatic carbocycles.